The molecule has 1 amide bonds. The van der Waals surface area contributed by atoms with E-state index in [1.807, 2.05) is 13.2 Å². The van der Waals surface area contributed by atoms with Crippen LogP contribution < -0.4 is 11.1 Å². The molecule has 0 saturated heterocycles. The normalized spacial score (nSPS) is 13.2. The van der Waals surface area contributed by atoms with Gasteiger partial charge in [-0.1, -0.05) is 0 Å². The second-order valence-electron chi connectivity index (χ2n) is 4.59. The molecule has 0 aliphatic heterocycles. The van der Waals surface area contributed by atoms with E-state index in [9.17, 15) is 13.2 Å². The Labute approximate surface area is 113 Å². The number of aryl methyl sites for hydroxylation is 1. The number of carbonyl (C=O) groups excluding carboxylic acids is 1. The molecule has 0 fully saturated rings. The highest BCUT2D eigenvalue weighted by Gasteiger charge is 2.15. The predicted octanol–water partition coefficient (Wildman–Crippen LogP) is -1.16. The van der Waals surface area contributed by atoms with E-state index in [1.54, 1.807) is 10.9 Å². The third kappa shape index (κ3) is 6.35. The largest absolute Gasteiger partial charge is 0.354 e. The smallest absolute Gasteiger partial charge is 0.236 e. The third-order valence-electron chi connectivity index (χ3n) is 2.61. The predicted molar refractivity (Wildman–Crippen MR) is 72.2 cm³/mol. The van der Waals surface area contributed by atoms with E-state index in [0.29, 0.717) is 13.0 Å². The first kappa shape index (κ1) is 15.6. The van der Waals surface area contributed by atoms with Gasteiger partial charge in [0.15, 0.2) is 0 Å². The highest BCUT2D eigenvalue weighted by Crippen LogP contribution is 1.97. The fourth-order valence-corrected chi connectivity index (χ4v) is 2.22. The van der Waals surface area contributed by atoms with Crippen LogP contribution in [0.15, 0.2) is 12.4 Å². The lowest BCUT2D eigenvalue weighted by Crippen LogP contribution is -2.42. The fourth-order valence-electron chi connectivity index (χ4n) is 1.53. The average Bonchev–Trinajstić information content (AvgIpc) is 2.71. The summed E-state index contributed by atoms with van der Waals surface area (Å²) in [6, 6.07) is -0.788. The van der Waals surface area contributed by atoms with Gasteiger partial charge >= 0.3 is 0 Å². The van der Waals surface area contributed by atoms with Crippen molar-refractivity contribution in [3.63, 3.8) is 0 Å². The molecule has 0 saturated carbocycles. The molecule has 3 N–H and O–H groups in total. The fraction of sp³-hybridized carbons (Fsp3) is 0.636. The van der Waals surface area contributed by atoms with Crippen LogP contribution in [0.3, 0.4) is 0 Å². The van der Waals surface area contributed by atoms with Crippen LogP contribution in [0.5, 0.6) is 0 Å². The first-order valence-corrected chi connectivity index (χ1v) is 8.02. The van der Waals surface area contributed by atoms with Crippen LogP contribution in [-0.4, -0.2) is 48.7 Å². The van der Waals surface area contributed by atoms with Crippen molar-refractivity contribution in [1.29, 1.82) is 0 Å². The number of carbonyl (C=O) groups is 1. The van der Waals surface area contributed by atoms with Gasteiger partial charge in [-0.05, 0) is 18.4 Å². The Morgan fingerprint density at radius 2 is 2.26 bits per heavy atom. The molecule has 1 unspecified atom stereocenters. The summed E-state index contributed by atoms with van der Waals surface area (Å²) in [5, 5.41) is 6.70. The van der Waals surface area contributed by atoms with E-state index in [0.717, 1.165) is 11.8 Å². The summed E-state index contributed by atoms with van der Waals surface area (Å²) in [7, 11) is -1.26. The minimum absolute atomic E-state index is 0.0792. The Bertz CT molecular complexity index is 524. The van der Waals surface area contributed by atoms with Gasteiger partial charge < -0.3 is 11.1 Å². The number of hydrogen-bond donors (Lipinski definition) is 2. The van der Waals surface area contributed by atoms with Crippen LogP contribution in [0, 0.1) is 0 Å². The Hall–Kier alpha value is -1.41. The van der Waals surface area contributed by atoms with E-state index < -0.39 is 15.9 Å². The average molecular weight is 288 g/mol. The van der Waals surface area contributed by atoms with Gasteiger partial charge in [0.25, 0.3) is 0 Å². The van der Waals surface area contributed by atoms with Gasteiger partial charge in [0.05, 0.1) is 18.0 Å². The number of nitrogens with zero attached hydrogens (tertiary/aromatic N) is 2. The first-order valence-electron chi connectivity index (χ1n) is 5.96. The first-order chi connectivity index (χ1) is 8.78. The maximum absolute atomic E-state index is 11.6. The molecule has 8 heteroatoms. The maximum Gasteiger partial charge on any atom is 0.236 e. The Kier molecular flexibility index (Phi) is 5.49. The molecule has 0 bridgehead atoms. The van der Waals surface area contributed by atoms with E-state index >= 15 is 0 Å². The molecule has 108 valence electrons. The number of amides is 1. The highest BCUT2D eigenvalue weighted by molar-refractivity contribution is 7.90. The topological polar surface area (TPSA) is 107 Å². The molecule has 0 aromatic carbocycles. The zero-order valence-corrected chi connectivity index (χ0v) is 12.0. The van der Waals surface area contributed by atoms with Crippen molar-refractivity contribution >= 4 is 15.7 Å². The van der Waals surface area contributed by atoms with Crippen molar-refractivity contribution in [2.75, 3.05) is 18.6 Å². The molecule has 7 nitrogen and oxygen atoms in total. The molecule has 1 rings (SSSR count). The third-order valence-corrected chi connectivity index (χ3v) is 3.58. The van der Waals surface area contributed by atoms with Gasteiger partial charge in [0, 0.05) is 26.0 Å². The Morgan fingerprint density at radius 1 is 1.58 bits per heavy atom. The zero-order valence-electron chi connectivity index (χ0n) is 11.2. The second kappa shape index (κ2) is 6.67. The number of rotatable bonds is 7. The molecule has 0 aliphatic carbocycles. The lowest BCUT2D eigenvalue weighted by atomic mass is 10.2. The van der Waals surface area contributed by atoms with Crippen LogP contribution in [-0.2, 0) is 28.1 Å². The molecule has 0 aliphatic rings. The Balaban J connectivity index is 2.27. The molecule has 1 aromatic heterocycles. The minimum Gasteiger partial charge on any atom is -0.354 e. The molecular formula is C11H20N4O3S. The second-order valence-corrected chi connectivity index (χ2v) is 6.85. The lowest BCUT2D eigenvalue weighted by molar-refractivity contribution is -0.122. The number of sulfone groups is 1. The number of nitrogens with one attached hydrogen (secondary N) is 1. The maximum atomic E-state index is 11.6. The number of aromatic nitrogens is 2. The van der Waals surface area contributed by atoms with Crippen LogP contribution in [0.1, 0.15) is 12.0 Å². The lowest BCUT2D eigenvalue weighted by Gasteiger charge is -2.11. The number of hydrogen-bond acceptors (Lipinski definition) is 5. The number of nitrogens with two attached hydrogens (primary N) is 1. The quantitative estimate of drug-likeness (QED) is 0.658. The summed E-state index contributed by atoms with van der Waals surface area (Å²) in [4.78, 5) is 11.6. The molecular weight excluding hydrogens is 268 g/mol. The summed E-state index contributed by atoms with van der Waals surface area (Å²) in [5.74, 6) is -0.406. The summed E-state index contributed by atoms with van der Waals surface area (Å²) in [6.45, 7) is 0.455. The van der Waals surface area contributed by atoms with Crippen LogP contribution >= 0.6 is 0 Å². The van der Waals surface area contributed by atoms with E-state index in [4.69, 9.17) is 5.73 Å². The summed E-state index contributed by atoms with van der Waals surface area (Å²) < 4.78 is 23.6. The summed E-state index contributed by atoms with van der Waals surface area (Å²) in [5.41, 5.74) is 6.64. The summed E-state index contributed by atoms with van der Waals surface area (Å²) in [6.07, 6.45) is 5.53. The van der Waals surface area contributed by atoms with E-state index in [-0.39, 0.29) is 18.1 Å². The molecule has 1 aromatic rings. The van der Waals surface area contributed by atoms with Gasteiger partial charge in [-0.3, -0.25) is 9.48 Å². The van der Waals surface area contributed by atoms with Gasteiger partial charge in [-0.15, -0.1) is 0 Å². The Morgan fingerprint density at radius 3 is 2.79 bits per heavy atom. The van der Waals surface area contributed by atoms with Gasteiger partial charge in [-0.2, -0.15) is 5.10 Å². The standard InChI is InChI=1S/C11H20N4O3S/c1-15-8-9(7-14-15)3-5-13-11(16)10(12)4-6-19(2,17)18/h7-8,10H,3-6,12H2,1-2H3,(H,13,16). The zero-order chi connectivity index (χ0) is 14.5. The molecule has 0 spiro atoms. The van der Waals surface area contributed by atoms with Crippen molar-refractivity contribution in [2.24, 2.45) is 12.8 Å². The van der Waals surface area contributed by atoms with Gasteiger partial charge in [0.2, 0.25) is 5.91 Å². The molecule has 1 atom stereocenters. The van der Waals surface area contributed by atoms with E-state index in [1.165, 1.54) is 0 Å². The van der Waals surface area contributed by atoms with Gasteiger partial charge in [0.1, 0.15) is 9.84 Å². The summed E-state index contributed by atoms with van der Waals surface area (Å²) >= 11 is 0. The van der Waals surface area contributed by atoms with Crippen LogP contribution in [0.2, 0.25) is 0 Å². The van der Waals surface area contributed by atoms with Crippen molar-refractivity contribution in [3.8, 4) is 0 Å². The molecule has 19 heavy (non-hydrogen) atoms. The van der Waals surface area contributed by atoms with Crippen LogP contribution in [0.25, 0.3) is 0 Å². The van der Waals surface area contributed by atoms with Gasteiger partial charge in [-0.25, -0.2) is 8.42 Å². The van der Waals surface area contributed by atoms with Crippen LogP contribution in [0.4, 0.5) is 0 Å². The molecule has 0 radical (unpaired) electrons. The van der Waals surface area contributed by atoms with Crippen molar-refractivity contribution in [2.45, 2.75) is 18.9 Å². The SMILES string of the molecule is Cn1cc(CCNC(=O)C(N)CCS(C)(=O)=O)cn1. The van der Waals surface area contributed by atoms with Crippen molar-refractivity contribution in [3.05, 3.63) is 18.0 Å². The van der Waals surface area contributed by atoms with Crippen molar-refractivity contribution < 1.29 is 13.2 Å². The van der Waals surface area contributed by atoms with E-state index in [2.05, 4.69) is 10.4 Å². The minimum atomic E-state index is -3.08. The van der Waals surface area contributed by atoms with Crippen molar-refractivity contribution in [1.82, 2.24) is 15.1 Å². The highest BCUT2D eigenvalue weighted by atomic mass is 32.2. The monoisotopic (exact) mass is 288 g/mol. The molecule has 1 heterocycles.